The Labute approximate surface area is 218 Å². The van der Waals surface area contributed by atoms with E-state index in [1.165, 1.54) is 32.4 Å². The minimum atomic E-state index is -1.60. The molecule has 0 radical (unpaired) electrons. The Hall–Kier alpha value is -3.13. The van der Waals surface area contributed by atoms with Crippen LogP contribution in [0.3, 0.4) is 0 Å². The van der Waals surface area contributed by atoms with Gasteiger partial charge in [-0.2, -0.15) is 0 Å². The van der Waals surface area contributed by atoms with Crippen molar-refractivity contribution in [2.24, 2.45) is 11.8 Å². The Morgan fingerprint density at radius 1 is 0.974 bits per heavy atom. The summed E-state index contributed by atoms with van der Waals surface area (Å²) in [4.78, 5) is 12.6. The highest BCUT2D eigenvalue weighted by molar-refractivity contribution is 5.75. The molecular formula is C26H32O12. The molecule has 2 aliphatic heterocycles. The molecule has 0 spiro atoms. The van der Waals surface area contributed by atoms with Gasteiger partial charge in [-0.05, 0) is 41.8 Å². The van der Waals surface area contributed by atoms with Gasteiger partial charge in [0.15, 0.2) is 23.0 Å². The molecule has 12 nitrogen and oxygen atoms in total. The average Bonchev–Trinajstić information content (AvgIpc) is 3.28. The van der Waals surface area contributed by atoms with Gasteiger partial charge >= 0.3 is 5.97 Å². The molecular weight excluding hydrogens is 504 g/mol. The van der Waals surface area contributed by atoms with Crippen LogP contribution in [0.5, 0.6) is 23.0 Å². The van der Waals surface area contributed by atoms with E-state index in [0.29, 0.717) is 11.1 Å². The fraction of sp³-hybridized carbons (Fsp3) is 0.500. The number of methoxy groups -OCH3 is 2. The molecule has 2 aromatic rings. The molecule has 2 fully saturated rings. The summed E-state index contributed by atoms with van der Waals surface area (Å²) >= 11 is 0. The number of carbonyl (C=O) groups excluding carboxylic acids is 1. The van der Waals surface area contributed by atoms with E-state index in [1.54, 1.807) is 18.2 Å². The molecule has 0 unspecified atom stereocenters. The number of benzene rings is 2. The molecule has 2 aliphatic rings. The van der Waals surface area contributed by atoms with Crippen molar-refractivity contribution >= 4 is 5.97 Å². The van der Waals surface area contributed by atoms with Crippen LogP contribution in [0.15, 0.2) is 36.4 Å². The Morgan fingerprint density at radius 3 is 2.39 bits per heavy atom. The zero-order valence-electron chi connectivity index (χ0n) is 20.8. The number of aliphatic hydroxyl groups is 5. The highest BCUT2D eigenvalue weighted by Crippen LogP contribution is 2.39. The van der Waals surface area contributed by atoms with Gasteiger partial charge in [-0.1, -0.05) is 12.1 Å². The number of phenolic OH excluding ortho intramolecular Hbond substituents is 1. The minimum absolute atomic E-state index is 0.0172. The predicted octanol–water partition coefficient (Wildman–Crippen LogP) is -0.347. The largest absolute Gasteiger partial charge is 0.504 e. The normalized spacial score (nSPS) is 30.0. The van der Waals surface area contributed by atoms with Crippen molar-refractivity contribution in [3.05, 3.63) is 47.5 Å². The van der Waals surface area contributed by atoms with Gasteiger partial charge in [0.25, 0.3) is 0 Å². The average molecular weight is 537 g/mol. The fourth-order valence-electron chi connectivity index (χ4n) is 4.73. The number of aromatic hydroxyl groups is 1. The molecule has 0 bridgehead atoms. The van der Waals surface area contributed by atoms with E-state index < -0.39 is 61.2 Å². The second-order valence-corrected chi connectivity index (χ2v) is 9.28. The van der Waals surface area contributed by atoms with Gasteiger partial charge < -0.3 is 54.3 Å². The molecule has 0 saturated carbocycles. The van der Waals surface area contributed by atoms with E-state index in [1.807, 2.05) is 0 Å². The zero-order valence-corrected chi connectivity index (χ0v) is 20.8. The van der Waals surface area contributed by atoms with Gasteiger partial charge in [0.05, 0.1) is 39.5 Å². The molecule has 38 heavy (non-hydrogen) atoms. The van der Waals surface area contributed by atoms with Crippen LogP contribution in [-0.4, -0.2) is 94.7 Å². The van der Waals surface area contributed by atoms with Crippen LogP contribution in [0.4, 0.5) is 0 Å². The van der Waals surface area contributed by atoms with Gasteiger partial charge in [-0.25, -0.2) is 0 Å². The molecule has 2 aromatic carbocycles. The van der Waals surface area contributed by atoms with Crippen molar-refractivity contribution in [1.29, 1.82) is 0 Å². The number of cyclic esters (lactones) is 1. The van der Waals surface area contributed by atoms with Crippen molar-refractivity contribution in [3.8, 4) is 23.0 Å². The van der Waals surface area contributed by atoms with Crippen molar-refractivity contribution < 1.29 is 59.1 Å². The lowest BCUT2D eigenvalue weighted by Gasteiger charge is -2.39. The van der Waals surface area contributed by atoms with E-state index in [0.717, 1.165) is 0 Å². The SMILES string of the molecule is COc1cc([C@H](O)[C@@H]2COC(=O)[C@H]2Cc2ccc(O[C@@H]3O[C@H](CO)[C@@H](O)[C@H](O)[C@H]3O)c(OC)c2)ccc1O. The summed E-state index contributed by atoms with van der Waals surface area (Å²) < 4.78 is 26.9. The monoisotopic (exact) mass is 536 g/mol. The summed E-state index contributed by atoms with van der Waals surface area (Å²) in [6.07, 6.45) is -8.07. The summed E-state index contributed by atoms with van der Waals surface area (Å²) in [7, 11) is 2.79. The lowest BCUT2D eigenvalue weighted by atomic mass is 9.83. The molecule has 8 atom stereocenters. The molecule has 0 aromatic heterocycles. The highest BCUT2D eigenvalue weighted by Gasteiger charge is 2.45. The lowest BCUT2D eigenvalue weighted by Crippen LogP contribution is -2.60. The Bertz CT molecular complexity index is 1120. The Kier molecular flexibility index (Phi) is 8.61. The smallest absolute Gasteiger partial charge is 0.309 e. The first-order valence-corrected chi connectivity index (χ1v) is 12.0. The second-order valence-electron chi connectivity index (χ2n) is 9.28. The number of ether oxygens (including phenoxy) is 5. The first kappa shape index (κ1) is 27.9. The van der Waals surface area contributed by atoms with Crippen molar-refractivity contribution in [2.75, 3.05) is 27.4 Å². The topological polar surface area (TPSA) is 185 Å². The third kappa shape index (κ3) is 5.51. The number of hydrogen-bond acceptors (Lipinski definition) is 12. The van der Waals surface area contributed by atoms with E-state index in [2.05, 4.69) is 0 Å². The quantitative estimate of drug-likeness (QED) is 0.229. The molecule has 0 aliphatic carbocycles. The van der Waals surface area contributed by atoms with Crippen molar-refractivity contribution in [2.45, 2.75) is 43.2 Å². The summed E-state index contributed by atoms with van der Waals surface area (Å²) in [5, 5.41) is 60.5. The summed E-state index contributed by atoms with van der Waals surface area (Å²) in [5.74, 6) is -1.17. The van der Waals surface area contributed by atoms with E-state index in [-0.39, 0.29) is 36.0 Å². The van der Waals surface area contributed by atoms with Crippen LogP contribution in [0, 0.1) is 11.8 Å². The molecule has 6 N–H and O–H groups in total. The third-order valence-electron chi connectivity index (χ3n) is 6.96. The Morgan fingerprint density at radius 2 is 1.71 bits per heavy atom. The first-order chi connectivity index (χ1) is 18.2. The summed E-state index contributed by atoms with van der Waals surface area (Å²) in [6, 6.07) is 9.29. The summed E-state index contributed by atoms with van der Waals surface area (Å²) in [6.45, 7) is -0.578. The van der Waals surface area contributed by atoms with E-state index in [9.17, 15) is 35.4 Å². The van der Waals surface area contributed by atoms with Gasteiger partial charge in [0.2, 0.25) is 6.29 Å². The maximum atomic E-state index is 12.6. The predicted molar refractivity (Wildman–Crippen MR) is 129 cm³/mol. The number of esters is 1. The number of rotatable bonds is 9. The first-order valence-electron chi connectivity index (χ1n) is 12.0. The standard InChI is InChI=1S/C26H32O12/c1-34-18-9-13(4-5-16(18)28)21(29)15-11-36-25(33)14(15)7-12-3-6-17(19(8-12)35-2)37-26-24(32)23(31)22(30)20(10-27)38-26/h3-6,8-9,14-15,20-24,26-32H,7,10-11H2,1-2H3/t14-,15+,20+,21-,22+,23-,24+,26+/m0/s1. The van der Waals surface area contributed by atoms with Crippen LogP contribution < -0.4 is 14.2 Å². The maximum Gasteiger partial charge on any atom is 0.309 e. The molecule has 4 rings (SSSR count). The Balaban J connectivity index is 1.50. The van der Waals surface area contributed by atoms with Crippen LogP contribution >= 0.6 is 0 Å². The van der Waals surface area contributed by atoms with Crippen LogP contribution in [0.25, 0.3) is 0 Å². The van der Waals surface area contributed by atoms with Gasteiger partial charge in [0.1, 0.15) is 24.4 Å². The number of carbonyl (C=O) groups is 1. The van der Waals surface area contributed by atoms with E-state index >= 15 is 0 Å². The minimum Gasteiger partial charge on any atom is -0.504 e. The second kappa shape index (κ2) is 11.7. The van der Waals surface area contributed by atoms with E-state index in [4.69, 9.17) is 23.7 Å². The molecule has 12 heteroatoms. The molecule has 2 heterocycles. The van der Waals surface area contributed by atoms with Gasteiger partial charge in [-0.3, -0.25) is 4.79 Å². The third-order valence-corrected chi connectivity index (χ3v) is 6.96. The van der Waals surface area contributed by atoms with Gasteiger partial charge in [-0.15, -0.1) is 0 Å². The zero-order chi connectivity index (χ0) is 27.6. The highest BCUT2D eigenvalue weighted by atomic mass is 16.7. The number of hydrogen-bond donors (Lipinski definition) is 6. The maximum absolute atomic E-state index is 12.6. The van der Waals surface area contributed by atoms with Crippen LogP contribution in [0.2, 0.25) is 0 Å². The summed E-state index contributed by atoms with van der Waals surface area (Å²) in [5.41, 5.74) is 1.14. The van der Waals surface area contributed by atoms with Gasteiger partial charge in [0, 0.05) is 5.92 Å². The van der Waals surface area contributed by atoms with Crippen LogP contribution in [-0.2, 0) is 20.7 Å². The molecule has 2 saturated heterocycles. The molecule has 208 valence electrons. The lowest BCUT2D eigenvalue weighted by molar-refractivity contribution is -0.277. The van der Waals surface area contributed by atoms with Crippen molar-refractivity contribution in [1.82, 2.24) is 0 Å². The van der Waals surface area contributed by atoms with Crippen LogP contribution in [0.1, 0.15) is 17.2 Å². The number of aliphatic hydroxyl groups excluding tert-OH is 5. The number of phenols is 1. The molecule has 0 amide bonds. The van der Waals surface area contributed by atoms with Crippen molar-refractivity contribution in [3.63, 3.8) is 0 Å². The fourth-order valence-corrected chi connectivity index (χ4v) is 4.73.